The highest BCUT2D eigenvalue weighted by atomic mass is 16.3. The van der Waals surface area contributed by atoms with Crippen LogP contribution in [0.3, 0.4) is 0 Å². The first kappa shape index (κ1) is 16.7. The van der Waals surface area contributed by atoms with Crippen molar-refractivity contribution in [1.82, 2.24) is 14.5 Å². The highest BCUT2D eigenvalue weighted by molar-refractivity contribution is 5.82. The van der Waals surface area contributed by atoms with E-state index in [0.717, 1.165) is 10.1 Å². The van der Waals surface area contributed by atoms with Crippen LogP contribution >= 0.6 is 0 Å². The number of nitrogens with one attached hydrogen (secondary N) is 1. The van der Waals surface area contributed by atoms with E-state index < -0.39 is 17.1 Å². The number of aromatic hydroxyl groups is 1. The van der Waals surface area contributed by atoms with E-state index in [1.54, 1.807) is 18.2 Å². The van der Waals surface area contributed by atoms with Gasteiger partial charge < -0.3 is 10.0 Å². The second-order valence-corrected chi connectivity index (χ2v) is 5.51. The molecule has 7 nitrogen and oxygen atoms in total. The van der Waals surface area contributed by atoms with Crippen LogP contribution in [0.1, 0.15) is 11.1 Å². The summed E-state index contributed by atoms with van der Waals surface area (Å²) in [4.78, 5) is 32.2. The summed E-state index contributed by atoms with van der Waals surface area (Å²) in [5, 5.41) is 10.3. The molecular weight excluding hydrogens is 296 g/mol. The van der Waals surface area contributed by atoms with E-state index in [-0.39, 0.29) is 5.56 Å². The van der Waals surface area contributed by atoms with Crippen LogP contribution in [0.2, 0.25) is 0 Å². The van der Waals surface area contributed by atoms with Crippen molar-refractivity contribution in [1.29, 1.82) is 0 Å². The molecular formula is C16H20N4O3. The fourth-order valence-corrected chi connectivity index (χ4v) is 2.08. The third-order valence-electron chi connectivity index (χ3n) is 3.28. The maximum atomic E-state index is 12.0. The maximum absolute atomic E-state index is 12.0. The summed E-state index contributed by atoms with van der Waals surface area (Å²) in [6.45, 7) is 3.07. The van der Waals surface area contributed by atoms with Crippen molar-refractivity contribution in [2.75, 3.05) is 27.2 Å². The smallest absolute Gasteiger partial charge is 0.335 e. The molecule has 0 atom stereocenters. The first-order valence-corrected chi connectivity index (χ1v) is 7.20. The van der Waals surface area contributed by atoms with Gasteiger partial charge in [0.05, 0.1) is 12.2 Å². The Kier molecular flexibility index (Phi) is 5.13. The second kappa shape index (κ2) is 7.06. The maximum Gasteiger partial charge on any atom is 0.335 e. The van der Waals surface area contributed by atoms with Gasteiger partial charge in [0, 0.05) is 12.8 Å². The largest absolute Gasteiger partial charge is 0.493 e. The standard InChI is InChI=1S/C16H20N4O3/c1-11-5-4-6-12(9-11)20-15(22)13(14(21)18-16(20)23)10-17-7-8-19(2)3/h4-6,9-10,22H,7-8H2,1-3H3,(H,18,21,23). The predicted molar refractivity (Wildman–Crippen MR) is 90.1 cm³/mol. The van der Waals surface area contributed by atoms with E-state index in [4.69, 9.17) is 0 Å². The average molecular weight is 316 g/mol. The number of hydrogen-bond donors (Lipinski definition) is 2. The van der Waals surface area contributed by atoms with Gasteiger partial charge in [-0.25, -0.2) is 9.36 Å². The molecule has 0 fully saturated rings. The van der Waals surface area contributed by atoms with Crippen LogP contribution < -0.4 is 11.2 Å². The molecule has 0 spiro atoms. The van der Waals surface area contributed by atoms with Crippen LogP contribution in [0.25, 0.3) is 5.69 Å². The molecule has 0 bridgehead atoms. The molecule has 7 heteroatoms. The van der Waals surface area contributed by atoms with Crippen molar-refractivity contribution >= 4 is 6.21 Å². The van der Waals surface area contributed by atoms with Crippen molar-refractivity contribution in [3.8, 4) is 11.6 Å². The van der Waals surface area contributed by atoms with Crippen molar-refractivity contribution in [2.24, 2.45) is 4.99 Å². The molecule has 0 unspecified atom stereocenters. The number of aromatic amines is 1. The van der Waals surface area contributed by atoms with Gasteiger partial charge in [-0.1, -0.05) is 12.1 Å². The monoisotopic (exact) mass is 316 g/mol. The first-order valence-electron chi connectivity index (χ1n) is 7.20. The van der Waals surface area contributed by atoms with E-state index in [2.05, 4.69) is 9.98 Å². The molecule has 1 aromatic carbocycles. The number of H-pyrrole nitrogens is 1. The summed E-state index contributed by atoms with van der Waals surface area (Å²) in [5.41, 5.74) is 0.0197. The van der Waals surface area contributed by atoms with Crippen molar-refractivity contribution in [2.45, 2.75) is 6.92 Å². The number of nitrogens with zero attached hydrogens (tertiary/aromatic N) is 3. The number of likely N-dealkylation sites (N-methyl/N-ethyl adjacent to an activating group) is 1. The zero-order valence-corrected chi connectivity index (χ0v) is 13.4. The Bertz CT molecular complexity index is 834. The molecule has 2 rings (SSSR count). The summed E-state index contributed by atoms with van der Waals surface area (Å²) in [6.07, 6.45) is 1.30. The third-order valence-corrected chi connectivity index (χ3v) is 3.28. The summed E-state index contributed by atoms with van der Waals surface area (Å²) in [5.74, 6) is -0.419. The van der Waals surface area contributed by atoms with Crippen LogP contribution in [-0.2, 0) is 0 Å². The number of hydrogen-bond acceptors (Lipinski definition) is 5. The Morgan fingerprint density at radius 1 is 1.35 bits per heavy atom. The lowest BCUT2D eigenvalue weighted by molar-refractivity contribution is 0.420. The van der Waals surface area contributed by atoms with Gasteiger partial charge in [0.25, 0.3) is 5.56 Å². The molecule has 0 saturated heterocycles. The van der Waals surface area contributed by atoms with Gasteiger partial charge in [-0.3, -0.25) is 14.8 Å². The molecule has 0 aliphatic carbocycles. The van der Waals surface area contributed by atoms with Crippen LogP contribution in [0, 0.1) is 6.92 Å². The molecule has 0 aliphatic rings. The first-order chi connectivity index (χ1) is 10.9. The Labute approximate surface area is 133 Å². The normalized spacial score (nSPS) is 11.5. The van der Waals surface area contributed by atoms with Crippen LogP contribution in [0.15, 0.2) is 38.8 Å². The molecule has 2 N–H and O–H groups in total. The Hall–Kier alpha value is -2.67. The third kappa shape index (κ3) is 3.95. The highest BCUT2D eigenvalue weighted by Gasteiger charge is 2.14. The second-order valence-electron chi connectivity index (χ2n) is 5.51. The molecule has 0 radical (unpaired) electrons. The average Bonchev–Trinajstić information content (AvgIpc) is 2.45. The van der Waals surface area contributed by atoms with E-state index >= 15 is 0 Å². The Morgan fingerprint density at radius 2 is 2.09 bits per heavy atom. The lowest BCUT2D eigenvalue weighted by Gasteiger charge is -2.10. The Morgan fingerprint density at radius 3 is 2.74 bits per heavy atom. The van der Waals surface area contributed by atoms with Gasteiger partial charge in [-0.2, -0.15) is 0 Å². The minimum Gasteiger partial charge on any atom is -0.493 e. The minimum atomic E-state index is -0.691. The molecule has 0 amide bonds. The van der Waals surface area contributed by atoms with Crippen LogP contribution in [-0.4, -0.2) is 53.0 Å². The quantitative estimate of drug-likeness (QED) is 0.787. The van der Waals surface area contributed by atoms with Gasteiger partial charge in [0.1, 0.15) is 5.56 Å². The summed E-state index contributed by atoms with van der Waals surface area (Å²) < 4.78 is 1.06. The van der Waals surface area contributed by atoms with E-state index in [1.807, 2.05) is 32.0 Å². The molecule has 2 aromatic rings. The zero-order valence-electron chi connectivity index (χ0n) is 13.4. The van der Waals surface area contributed by atoms with Gasteiger partial charge in [-0.05, 0) is 38.7 Å². The fourth-order valence-electron chi connectivity index (χ4n) is 2.08. The Balaban J connectivity index is 2.48. The highest BCUT2D eigenvalue weighted by Crippen LogP contribution is 2.16. The molecule has 122 valence electrons. The number of aryl methyl sites for hydroxylation is 1. The van der Waals surface area contributed by atoms with Crippen LogP contribution in [0.5, 0.6) is 5.88 Å². The van der Waals surface area contributed by atoms with Crippen molar-refractivity contribution in [3.63, 3.8) is 0 Å². The molecule has 1 aromatic heterocycles. The number of aliphatic imine (C=N–C) groups is 1. The lowest BCUT2D eigenvalue weighted by atomic mass is 10.2. The summed E-state index contributed by atoms with van der Waals surface area (Å²) in [6, 6.07) is 7.07. The molecule has 1 heterocycles. The summed E-state index contributed by atoms with van der Waals surface area (Å²) >= 11 is 0. The van der Waals surface area contributed by atoms with Gasteiger partial charge in [0.15, 0.2) is 0 Å². The molecule has 0 aliphatic heterocycles. The van der Waals surface area contributed by atoms with Crippen molar-refractivity contribution < 1.29 is 5.11 Å². The van der Waals surface area contributed by atoms with Crippen molar-refractivity contribution in [3.05, 3.63) is 56.2 Å². The van der Waals surface area contributed by atoms with Gasteiger partial charge in [0.2, 0.25) is 5.88 Å². The van der Waals surface area contributed by atoms with Crippen LogP contribution in [0.4, 0.5) is 0 Å². The predicted octanol–water partition coefficient (Wildman–Crippen LogP) is 0.520. The molecule has 23 heavy (non-hydrogen) atoms. The SMILES string of the molecule is Cc1cccc(-n2c(O)c(C=NCCN(C)C)c(=O)[nH]c2=O)c1. The lowest BCUT2D eigenvalue weighted by Crippen LogP contribution is -2.31. The fraction of sp³-hybridized carbons (Fsp3) is 0.312. The van der Waals surface area contributed by atoms with E-state index in [0.29, 0.717) is 18.8 Å². The number of rotatable bonds is 5. The van der Waals surface area contributed by atoms with Gasteiger partial charge in [-0.15, -0.1) is 0 Å². The number of aromatic nitrogens is 2. The topological polar surface area (TPSA) is 90.7 Å². The zero-order chi connectivity index (χ0) is 17.0. The van der Waals surface area contributed by atoms with E-state index in [9.17, 15) is 14.7 Å². The number of benzene rings is 1. The molecule has 0 saturated carbocycles. The van der Waals surface area contributed by atoms with E-state index in [1.165, 1.54) is 6.21 Å². The minimum absolute atomic E-state index is 0.0372. The summed E-state index contributed by atoms with van der Waals surface area (Å²) in [7, 11) is 3.83. The van der Waals surface area contributed by atoms with Gasteiger partial charge >= 0.3 is 5.69 Å².